The molecule has 1 N–H and O–H groups in total. The lowest BCUT2D eigenvalue weighted by Crippen LogP contribution is -2.38. The number of hydrogen-bond donors (Lipinski definition) is 1. The Morgan fingerprint density at radius 1 is 1.33 bits per heavy atom. The lowest BCUT2D eigenvalue weighted by Gasteiger charge is -2.25. The van der Waals surface area contributed by atoms with Crippen LogP contribution < -0.4 is 5.32 Å². The zero-order chi connectivity index (χ0) is 13.3. The topological polar surface area (TPSA) is 32.3 Å². The van der Waals surface area contributed by atoms with E-state index in [1.54, 1.807) is 0 Å². The molecule has 2 rings (SSSR count). The van der Waals surface area contributed by atoms with Crippen LogP contribution in [0.2, 0.25) is 0 Å². The molecule has 0 radical (unpaired) electrons. The third-order valence-electron chi connectivity index (χ3n) is 2.63. The van der Waals surface area contributed by atoms with Crippen LogP contribution in [0.5, 0.6) is 0 Å². The van der Waals surface area contributed by atoms with Gasteiger partial charge < -0.3 is 4.90 Å². The van der Waals surface area contributed by atoms with Gasteiger partial charge in [-0.1, -0.05) is 18.2 Å². The fourth-order valence-corrected chi connectivity index (χ4v) is 1.89. The molecule has 18 heavy (non-hydrogen) atoms. The highest BCUT2D eigenvalue weighted by Gasteiger charge is 2.40. The molecule has 7 heteroatoms. The molecule has 1 amide bonds. The minimum Gasteiger partial charge on any atom is -0.313 e. The summed E-state index contributed by atoms with van der Waals surface area (Å²) < 4.78 is 50.6. The van der Waals surface area contributed by atoms with Crippen LogP contribution in [0.3, 0.4) is 0 Å². The molecule has 1 atom stereocenters. The molecule has 1 fully saturated rings. The van der Waals surface area contributed by atoms with E-state index in [9.17, 15) is 22.4 Å². The summed E-state index contributed by atoms with van der Waals surface area (Å²) in [6.07, 6.45) is -5.58. The first-order valence-corrected chi connectivity index (χ1v) is 5.22. The van der Waals surface area contributed by atoms with Crippen LogP contribution in [0.25, 0.3) is 0 Å². The van der Waals surface area contributed by atoms with Crippen LogP contribution in [0.1, 0.15) is 11.7 Å². The van der Waals surface area contributed by atoms with E-state index < -0.39 is 30.6 Å². The van der Waals surface area contributed by atoms with Crippen LogP contribution in [-0.4, -0.2) is 30.1 Å². The summed E-state index contributed by atoms with van der Waals surface area (Å²) in [5.41, 5.74) is 0.0348. The lowest BCUT2D eigenvalue weighted by atomic mass is 10.1. The smallest absolute Gasteiger partial charge is 0.313 e. The van der Waals surface area contributed by atoms with E-state index in [0.717, 1.165) is 6.07 Å². The number of alkyl halides is 3. The summed E-state index contributed by atoms with van der Waals surface area (Å²) in [5.74, 6) is -1.34. The Morgan fingerprint density at radius 2 is 2.00 bits per heavy atom. The number of benzene rings is 1. The third kappa shape index (κ3) is 2.61. The van der Waals surface area contributed by atoms with Crippen LogP contribution in [0.15, 0.2) is 24.3 Å². The molecule has 0 saturated carbocycles. The molecule has 98 valence electrons. The lowest BCUT2D eigenvalue weighted by molar-refractivity contribution is -0.161. The maximum absolute atomic E-state index is 13.5. The van der Waals surface area contributed by atoms with E-state index in [1.807, 2.05) is 0 Å². The predicted molar refractivity (Wildman–Crippen MR) is 54.9 cm³/mol. The van der Waals surface area contributed by atoms with Crippen LogP contribution >= 0.6 is 0 Å². The van der Waals surface area contributed by atoms with Crippen LogP contribution in [0.4, 0.5) is 17.6 Å². The standard InChI is InChI=1S/C11H10F4N2O/c12-8-4-2-1-3-7(8)10-16-5-9(18)17(10)6-11(13,14)15/h1-4,10,16H,5-6H2. The molecule has 3 nitrogen and oxygen atoms in total. The average Bonchev–Trinajstić information content (AvgIpc) is 2.60. The largest absolute Gasteiger partial charge is 0.406 e. The Balaban J connectivity index is 2.27. The third-order valence-corrected chi connectivity index (χ3v) is 2.63. The highest BCUT2D eigenvalue weighted by atomic mass is 19.4. The predicted octanol–water partition coefficient (Wildman–Crippen LogP) is 1.82. The number of nitrogens with one attached hydrogen (secondary N) is 1. The van der Waals surface area contributed by atoms with Crippen molar-refractivity contribution in [2.45, 2.75) is 12.3 Å². The number of nitrogens with zero attached hydrogens (tertiary/aromatic N) is 1. The van der Waals surface area contributed by atoms with Crippen molar-refractivity contribution in [1.29, 1.82) is 0 Å². The molecule has 0 aromatic heterocycles. The van der Waals surface area contributed by atoms with Gasteiger partial charge >= 0.3 is 6.18 Å². The minimum atomic E-state index is -4.51. The second-order valence-electron chi connectivity index (χ2n) is 3.94. The minimum absolute atomic E-state index is 0.0348. The summed E-state index contributed by atoms with van der Waals surface area (Å²) >= 11 is 0. The van der Waals surface area contributed by atoms with Gasteiger partial charge in [0.1, 0.15) is 18.5 Å². The summed E-state index contributed by atoms with van der Waals surface area (Å²) in [4.78, 5) is 12.0. The first kappa shape index (κ1) is 12.8. The second kappa shape index (κ2) is 4.56. The van der Waals surface area contributed by atoms with Crippen LogP contribution in [-0.2, 0) is 4.79 Å². The van der Waals surface area contributed by atoms with Crippen molar-refractivity contribution in [3.8, 4) is 0 Å². The van der Waals surface area contributed by atoms with Gasteiger partial charge in [0.2, 0.25) is 5.91 Å². The van der Waals surface area contributed by atoms with Gasteiger partial charge in [-0.25, -0.2) is 4.39 Å². The van der Waals surface area contributed by atoms with Crippen molar-refractivity contribution < 1.29 is 22.4 Å². The van der Waals surface area contributed by atoms with Gasteiger partial charge in [0.15, 0.2) is 0 Å². The van der Waals surface area contributed by atoms with E-state index in [2.05, 4.69) is 5.32 Å². The quantitative estimate of drug-likeness (QED) is 0.824. The molecule has 0 aliphatic carbocycles. The Labute approximate surface area is 100 Å². The van der Waals surface area contributed by atoms with Gasteiger partial charge in [-0.3, -0.25) is 10.1 Å². The monoisotopic (exact) mass is 262 g/mol. The van der Waals surface area contributed by atoms with Gasteiger partial charge in [-0.15, -0.1) is 0 Å². The number of carbonyl (C=O) groups is 1. The SMILES string of the molecule is O=C1CNC(c2ccccc2F)N1CC(F)(F)F. The van der Waals surface area contributed by atoms with Gasteiger partial charge in [-0.05, 0) is 6.07 Å². The van der Waals surface area contributed by atoms with Crippen molar-refractivity contribution in [1.82, 2.24) is 10.2 Å². The fourth-order valence-electron chi connectivity index (χ4n) is 1.89. The van der Waals surface area contributed by atoms with E-state index in [1.165, 1.54) is 18.2 Å². The molecule has 1 aromatic rings. The van der Waals surface area contributed by atoms with E-state index in [4.69, 9.17) is 0 Å². The maximum atomic E-state index is 13.5. The van der Waals surface area contributed by atoms with Gasteiger partial charge in [0.05, 0.1) is 6.54 Å². The summed E-state index contributed by atoms with van der Waals surface area (Å²) in [5, 5.41) is 2.57. The first-order chi connectivity index (χ1) is 8.38. The molecular formula is C11H10F4N2O. The highest BCUT2D eigenvalue weighted by Crippen LogP contribution is 2.28. The number of hydrogen-bond acceptors (Lipinski definition) is 2. The summed E-state index contributed by atoms with van der Waals surface area (Å²) in [6.45, 7) is -1.62. The zero-order valence-corrected chi connectivity index (χ0v) is 9.17. The number of halogens is 4. The van der Waals surface area contributed by atoms with Crippen molar-refractivity contribution in [3.63, 3.8) is 0 Å². The number of amides is 1. The van der Waals surface area contributed by atoms with Crippen LogP contribution in [0, 0.1) is 5.82 Å². The first-order valence-electron chi connectivity index (χ1n) is 5.22. The molecule has 1 aromatic carbocycles. The van der Waals surface area contributed by atoms with E-state index in [-0.39, 0.29) is 12.1 Å². The molecule has 1 aliphatic heterocycles. The Kier molecular flexibility index (Phi) is 3.25. The molecule has 1 heterocycles. The van der Waals surface area contributed by atoms with E-state index >= 15 is 0 Å². The van der Waals surface area contributed by atoms with Crippen molar-refractivity contribution in [2.24, 2.45) is 0 Å². The molecule has 0 spiro atoms. The number of rotatable bonds is 2. The Morgan fingerprint density at radius 3 is 2.61 bits per heavy atom. The van der Waals surface area contributed by atoms with Gasteiger partial charge in [0, 0.05) is 5.56 Å². The molecule has 0 bridgehead atoms. The fraction of sp³-hybridized carbons (Fsp3) is 0.364. The zero-order valence-electron chi connectivity index (χ0n) is 9.17. The maximum Gasteiger partial charge on any atom is 0.406 e. The average molecular weight is 262 g/mol. The van der Waals surface area contributed by atoms with Gasteiger partial charge in [-0.2, -0.15) is 13.2 Å². The molecule has 1 saturated heterocycles. The van der Waals surface area contributed by atoms with Crippen molar-refractivity contribution >= 4 is 5.91 Å². The second-order valence-corrected chi connectivity index (χ2v) is 3.94. The molecular weight excluding hydrogens is 252 g/mol. The molecule has 1 unspecified atom stereocenters. The van der Waals surface area contributed by atoms with Crippen molar-refractivity contribution in [3.05, 3.63) is 35.6 Å². The Hall–Kier alpha value is -1.63. The molecule has 1 aliphatic rings. The summed E-state index contributed by atoms with van der Waals surface area (Å²) in [6, 6.07) is 5.44. The normalized spacial score (nSPS) is 20.6. The summed E-state index contributed by atoms with van der Waals surface area (Å²) in [7, 11) is 0. The highest BCUT2D eigenvalue weighted by molar-refractivity contribution is 5.81. The van der Waals surface area contributed by atoms with E-state index in [0.29, 0.717) is 4.90 Å². The number of carbonyl (C=O) groups excluding carboxylic acids is 1. The van der Waals surface area contributed by atoms with Crippen molar-refractivity contribution in [2.75, 3.05) is 13.1 Å². The van der Waals surface area contributed by atoms with Gasteiger partial charge in [0.25, 0.3) is 0 Å². The Bertz CT molecular complexity index is 461.